The molecular formula is C8H2F2O2S. The fraction of sp³-hybridized carbons (Fsp3) is 0. The van der Waals surface area contributed by atoms with Crippen LogP contribution in [0.25, 0.3) is 0 Å². The molecule has 0 aromatic heterocycles. The molecule has 1 aromatic carbocycles. The van der Waals surface area contributed by atoms with Crippen LogP contribution in [0.3, 0.4) is 0 Å². The molecule has 0 bridgehead atoms. The standard InChI is InChI=1S/C8H2F2O2S/c9-4-2-1-3-6(11)8(12)13-7(3)5(4)10/h1-2H. The highest BCUT2D eigenvalue weighted by atomic mass is 32.2. The van der Waals surface area contributed by atoms with E-state index in [0.29, 0.717) is 11.8 Å². The first-order valence-corrected chi connectivity index (χ1v) is 4.17. The highest BCUT2D eigenvalue weighted by Gasteiger charge is 2.32. The van der Waals surface area contributed by atoms with Gasteiger partial charge in [-0.3, -0.25) is 9.59 Å². The van der Waals surface area contributed by atoms with Crippen LogP contribution in [0.15, 0.2) is 17.0 Å². The third-order valence-electron chi connectivity index (χ3n) is 1.67. The largest absolute Gasteiger partial charge is 0.284 e. The highest BCUT2D eigenvalue weighted by Crippen LogP contribution is 2.35. The molecule has 0 saturated carbocycles. The van der Waals surface area contributed by atoms with Gasteiger partial charge in [0.05, 0.1) is 4.90 Å². The Labute approximate surface area is 75.9 Å². The average molecular weight is 200 g/mol. The van der Waals surface area contributed by atoms with Crippen molar-refractivity contribution < 1.29 is 18.4 Å². The van der Waals surface area contributed by atoms with Gasteiger partial charge in [0.25, 0.3) is 5.12 Å². The molecule has 0 amide bonds. The first kappa shape index (κ1) is 8.37. The van der Waals surface area contributed by atoms with E-state index >= 15 is 0 Å². The minimum Gasteiger partial charge on any atom is -0.284 e. The van der Waals surface area contributed by atoms with Crippen LogP contribution in [0.5, 0.6) is 0 Å². The van der Waals surface area contributed by atoms with E-state index in [1.807, 2.05) is 0 Å². The van der Waals surface area contributed by atoms with Gasteiger partial charge in [-0.25, -0.2) is 8.78 Å². The Morgan fingerprint density at radius 3 is 2.54 bits per heavy atom. The number of fused-ring (bicyclic) bond motifs is 1. The third kappa shape index (κ3) is 1.07. The smallest absolute Gasteiger partial charge is 0.264 e. The number of halogens is 2. The Bertz CT molecular complexity index is 428. The third-order valence-corrected chi connectivity index (χ3v) is 2.65. The zero-order valence-corrected chi connectivity index (χ0v) is 6.95. The lowest BCUT2D eigenvalue weighted by atomic mass is 10.1. The van der Waals surface area contributed by atoms with Crippen molar-refractivity contribution in [1.29, 1.82) is 0 Å². The summed E-state index contributed by atoms with van der Waals surface area (Å²) in [5.41, 5.74) is -0.0473. The topological polar surface area (TPSA) is 34.1 Å². The average Bonchev–Trinajstić information content (AvgIpc) is 2.38. The minimum atomic E-state index is -1.12. The summed E-state index contributed by atoms with van der Waals surface area (Å²) in [4.78, 5) is 21.6. The van der Waals surface area contributed by atoms with Crippen molar-refractivity contribution in [3.8, 4) is 0 Å². The SMILES string of the molecule is O=C1Sc2c(ccc(F)c2F)C1=O. The van der Waals surface area contributed by atoms with Crippen molar-refractivity contribution in [2.75, 3.05) is 0 Å². The Balaban J connectivity index is 2.70. The molecule has 1 aliphatic heterocycles. The Kier molecular flexibility index (Phi) is 1.69. The van der Waals surface area contributed by atoms with Crippen LogP contribution < -0.4 is 0 Å². The number of carbonyl (C=O) groups is 2. The number of Topliss-reactive ketones (excluding diaryl/α,β-unsaturated/α-hetero) is 1. The van der Waals surface area contributed by atoms with E-state index in [1.165, 1.54) is 0 Å². The van der Waals surface area contributed by atoms with Crippen molar-refractivity contribution >= 4 is 22.7 Å². The summed E-state index contributed by atoms with van der Waals surface area (Å²) in [6, 6.07) is 1.96. The molecule has 1 aliphatic rings. The number of thioether (sulfide) groups is 1. The summed E-state index contributed by atoms with van der Waals surface area (Å²) in [6.07, 6.45) is 0. The van der Waals surface area contributed by atoms with E-state index in [9.17, 15) is 18.4 Å². The lowest BCUT2D eigenvalue weighted by Gasteiger charge is -1.96. The first-order chi connectivity index (χ1) is 6.11. The maximum atomic E-state index is 12.9. The molecular weight excluding hydrogens is 198 g/mol. The first-order valence-electron chi connectivity index (χ1n) is 3.36. The van der Waals surface area contributed by atoms with Gasteiger partial charge >= 0.3 is 0 Å². The molecule has 0 spiro atoms. The van der Waals surface area contributed by atoms with Gasteiger partial charge in [0.1, 0.15) is 0 Å². The number of hydrogen-bond acceptors (Lipinski definition) is 3. The number of ketones is 1. The van der Waals surface area contributed by atoms with E-state index in [4.69, 9.17) is 0 Å². The highest BCUT2D eigenvalue weighted by molar-refractivity contribution is 8.16. The summed E-state index contributed by atoms with van der Waals surface area (Å²) >= 11 is 0.436. The predicted octanol–water partition coefficient (Wildman–Crippen LogP) is 1.78. The zero-order chi connectivity index (χ0) is 9.59. The van der Waals surface area contributed by atoms with Gasteiger partial charge in [0.2, 0.25) is 5.78 Å². The van der Waals surface area contributed by atoms with Crippen LogP contribution in [-0.2, 0) is 4.79 Å². The van der Waals surface area contributed by atoms with Gasteiger partial charge in [-0.15, -0.1) is 0 Å². The Morgan fingerprint density at radius 2 is 1.85 bits per heavy atom. The molecule has 0 fully saturated rings. The number of rotatable bonds is 0. The van der Waals surface area contributed by atoms with Crippen molar-refractivity contribution in [1.82, 2.24) is 0 Å². The monoisotopic (exact) mass is 200 g/mol. The fourth-order valence-electron chi connectivity index (χ4n) is 1.06. The Hall–Kier alpha value is -1.23. The van der Waals surface area contributed by atoms with Gasteiger partial charge < -0.3 is 0 Å². The normalized spacial score (nSPS) is 14.9. The van der Waals surface area contributed by atoms with Gasteiger partial charge in [-0.05, 0) is 23.9 Å². The van der Waals surface area contributed by atoms with E-state index in [2.05, 4.69) is 0 Å². The van der Waals surface area contributed by atoms with Crippen LogP contribution in [0.1, 0.15) is 10.4 Å². The second-order valence-electron chi connectivity index (χ2n) is 2.46. The van der Waals surface area contributed by atoms with Crippen molar-refractivity contribution in [3.05, 3.63) is 29.3 Å². The molecule has 13 heavy (non-hydrogen) atoms. The van der Waals surface area contributed by atoms with Gasteiger partial charge in [-0.2, -0.15) is 0 Å². The molecule has 0 N–H and O–H groups in total. The van der Waals surface area contributed by atoms with Crippen LogP contribution in [0, 0.1) is 11.6 Å². The molecule has 2 nitrogen and oxygen atoms in total. The van der Waals surface area contributed by atoms with E-state index in [-0.39, 0.29) is 10.5 Å². The van der Waals surface area contributed by atoms with Crippen LogP contribution >= 0.6 is 11.8 Å². The molecule has 1 heterocycles. The second-order valence-corrected chi connectivity index (χ2v) is 3.44. The van der Waals surface area contributed by atoms with Crippen molar-refractivity contribution in [2.24, 2.45) is 0 Å². The zero-order valence-electron chi connectivity index (χ0n) is 6.14. The summed E-state index contributed by atoms with van der Waals surface area (Å²) < 4.78 is 25.6. The molecule has 66 valence electrons. The van der Waals surface area contributed by atoms with Crippen LogP contribution in [0.2, 0.25) is 0 Å². The summed E-state index contributed by atoms with van der Waals surface area (Å²) in [5, 5.41) is -0.764. The molecule has 0 radical (unpaired) electrons. The van der Waals surface area contributed by atoms with E-state index in [1.54, 1.807) is 0 Å². The van der Waals surface area contributed by atoms with Crippen molar-refractivity contribution in [2.45, 2.75) is 4.90 Å². The van der Waals surface area contributed by atoms with Gasteiger partial charge in [-0.1, -0.05) is 0 Å². The quantitative estimate of drug-likeness (QED) is 0.598. The summed E-state index contributed by atoms with van der Waals surface area (Å²) in [6.45, 7) is 0. The van der Waals surface area contributed by atoms with Gasteiger partial charge in [0.15, 0.2) is 11.6 Å². The number of carbonyl (C=O) groups excluding carboxylic acids is 2. The predicted molar refractivity (Wildman–Crippen MR) is 41.6 cm³/mol. The number of benzene rings is 1. The minimum absolute atomic E-state index is 0.0473. The molecule has 5 heteroatoms. The van der Waals surface area contributed by atoms with Crippen molar-refractivity contribution in [3.63, 3.8) is 0 Å². The van der Waals surface area contributed by atoms with Crippen LogP contribution in [0.4, 0.5) is 8.78 Å². The Morgan fingerprint density at radius 1 is 1.15 bits per heavy atom. The lowest BCUT2D eigenvalue weighted by Crippen LogP contribution is -2.02. The lowest BCUT2D eigenvalue weighted by molar-refractivity contribution is -0.107. The van der Waals surface area contributed by atoms with E-state index < -0.39 is 22.5 Å². The molecule has 0 aliphatic carbocycles. The molecule has 2 rings (SSSR count). The molecule has 0 atom stereocenters. The van der Waals surface area contributed by atoms with E-state index in [0.717, 1.165) is 12.1 Å². The van der Waals surface area contributed by atoms with Crippen LogP contribution in [-0.4, -0.2) is 10.9 Å². The fourth-order valence-corrected chi connectivity index (χ4v) is 1.91. The van der Waals surface area contributed by atoms with Gasteiger partial charge in [0, 0.05) is 5.56 Å². The molecule has 1 aromatic rings. The summed E-state index contributed by atoms with van der Waals surface area (Å²) in [5.74, 6) is -2.94. The maximum Gasteiger partial charge on any atom is 0.264 e. The number of hydrogen-bond donors (Lipinski definition) is 0. The molecule has 0 unspecified atom stereocenters. The second kappa shape index (κ2) is 2.63. The maximum absolute atomic E-state index is 12.9. The molecule has 0 saturated heterocycles. The summed E-state index contributed by atoms with van der Waals surface area (Å²) in [7, 11) is 0.